The summed E-state index contributed by atoms with van der Waals surface area (Å²) in [5, 5.41) is 18.9. The number of aromatic carboxylic acids is 1. The van der Waals surface area contributed by atoms with E-state index in [-0.39, 0.29) is 22.6 Å². The van der Waals surface area contributed by atoms with Crippen molar-refractivity contribution in [2.75, 3.05) is 7.11 Å². The van der Waals surface area contributed by atoms with Crippen molar-refractivity contribution in [3.05, 3.63) is 52.4 Å². The molecule has 0 saturated heterocycles. The number of methoxy groups -OCH3 is 1. The topological polar surface area (TPSA) is 96.2 Å². The summed E-state index contributed by atoms with van der Waals surface area (Å²) in [5.74, 6) is -1.92. The number of ether oxygens (including phenoxy) is 1. The van der Waals surface area contributed by atoms with Gasteiger partial charge in [0, 0.05) is 0 Å². The van der Waals surface area contributed by atoms with E-state index in [1.54, 1.807) is 25.1 Å². The van der Waals surface area contributed by atoms with E-state index >= 15 is 0 Å². The molecular formula is C15H13NO5. The summed E-state index contributed by atoms with van der Waals surface area (Å²) in [5.41, 5.74) is 1.46. The Morgan fingerprint density at radius 2 is 1.86 bits per heavy atom. The van der Waals surface area contributed by atoms with Crippen LogP contribution in [0.2, 0.25) is 0 Å². The van der Waals surface area contributed by atoms with Gasteiger partial charge in [-0.2, -0.15) is 0 Å². The zero-order valence-electron chi connectivity index (χ0n) is 11.5. The Balaban J connectivity index is 2.36. The molecule has 1 aliphatic rings. The molecule has 1 aliphatic heterocycles. The van der Waals surface area contributed by atoms with E-state index in [9.17, 15) is 14.7 Å². The average Bonchev–Trinajstić information content (AvgIpc) is 2.73. The molecule has 0 atom stereocenters. The predicted octanol–water partition coefficient (Wildman–Crippen LogP) is 2.19. The second-order valence-corrected chi connectivity index (χ2v) is 4.37. The maximum Gasteiger partial charge on any atom is 0.343 e. The highest BCUT2D eigenvalue weighted by molar-refractivity contribution is 6.21. The van der Waals surface area contributed by atoms with Crippen LogP contribution in [-0.2, 0) is 9.53 Å². The molecule has 0 bridgehead atoms. The summed E-state index contributed by atoms with van der Waals surface area (Å²) in [4.78, 5) is 26.4. The Bertz CT molecular complexity index is 695. The van der Waals surface area contributed by atoms with Gasteiger partial charge in [-0.3, -0.25) is 0 Å². The summed E-state index contributed by atoms with van der Waals surface area (Å²) in [7, 11) is 1.22. The minimum Gasteiger partial charge on any atom is -0.505 e. The number of aliphatic hydroxyl groups is 1. The number of nitrogens with zero attached hydrogens (tertiary/aromatic N) is 1. The van der Waals surface area contributed by atoms with E-state index in [2.05, 4.69) is 9.73 Å². The molecular weight excluding hydrogens is 274 g/mol. The van der Waals surface area contributed by atoms with Crippen LogP contribution in [0.5, 0.6) is 0 Å². The summed E-state index contributed by atoms with van der Waals surface area (Å²) >= 11 is 0. The molecule has 0 unspecified atom stereocenters. The van der Waals surface area contributed by atoms with Crippen molar-refractivity contribution in [1.82, 2.24) is 0 Å². The number of carboxylic acids is 1. The van der Waals surface area contributed by atoms with E-state index in [0.29, 0.717) is 11.3 Å². The normalized spacial score (nSPS) is 16.1. The van der Waals surface area contributed by atoms with E-state index in [0.717, 1.165) is 0 Å². The molecule has 2 rings (SSSR count). The predicted molar refractivity (Wildman–Crippen MR) is 76.2 cm³/mol. The van der Waals surface area contributed by atoms with Crippen molar-refractivity contribution in [3.8, 4) is 0 Å². The van der Waals surface area contributed by atoms with E-state index in [4.69, 9.17) is 5.11 Å². The lowest BCUT2D eigenvalue weighted by molar-refractivity contribution is -0.135. The number of carboxylic acid groups (broad SMARTS) is 1. The smallest absolute Gasteiger partial charge is 0.343 e. The summed E-state index contributed by atoms with van der Waals surface area (Å²) < 4.78 is 4.59. The highest BCUT2D eigenvalue weighted by Crippen LogP contribution is 2.26. The van der Waals surface area contributed by atoms with Crippen molar-refractivity contribution in [1.29, 1.82) is 0 Å². The monoisotopic (exact) mass is 287 g/mol. The molecule has 0 aliphatic carbocycles. The van der Waals surface area contributed by atoms with Crippen LogP contribution in [-0.4, -0.2) is 35.0 Å². The maximum atomic E-state index is 11.5. The average molecular weight is 287 g/mol. The number of aliphatic hydroxyl groups excluding tert-OH is 1. The zero-order valence-corrected chi connectivity index (χ0v) is 11.5. The van der Waals surface area contributed by atoms with Gasteiger partial charge in [0.05, 0.1) is 18.4 Å². The van der Waals surface area contributed by atoms with E-state index in [1.165, 1.54) is 19.2 Å². The number of aliphatic imine (C=N–C) groups is 1. The fraction of sp³-hybridized carbons (Fsp3) is 0.133. The van der Waals surface area contributed by atoms with Crippen LogP contribution >= 0.6 is 0 Å². The zero-order chi connectivity index (χ0) is 15.6. The van der Waals surface area contributed by atoms with Gasteiger partial charge in [0.15, 0.2) is 5.76 Å². The fourth-order valence-electron chi connectivity index (χ4n) is 1.92. The Hall–Kier alpha value is -2.89. The molecule has 2 N–H and O–H groups in total. The van der Waals surface area contributed by atoms with Crippen LogP contribution in [0.3, 0.4) is 0 Å². The molecule has 0 saturated carbocycles. The van der Waals surface area contributed by atoms with Gasteiger partial charge in [-0.05, 0) is 30.7 Å². The number of esters is 1. The van der Waals surface area contributed by atoms with Crippen molar-refractivity contribution in [3.63, 3.8) is 0 Å². The lowest BCUT2D eigenvalue weighted by Crippen LogP contribution is -2.11. The summed E-state index contributed by atoms with van der Waals surface area (Å²) in [6, 6.07) is 6.07. The van der Waals surface area contributed by atoms with Gasteiger partial charge in [-0.1, -0.05) is 12.1 Å². The van der Waals surface area contributed by atoms with Crippen molar-refractivity contribution < 1.29 is 24.5 Å². The number of hydrogen-bond donors (Lipinski definition) is 2. The molecule has 0 spiro atoms. The second kappa shape index (κ2) is 5.62. The minimum absolute atomic E-state index is 0.0332. The fourth-order valence-corrected chi connectivity index (χ4v) is 1.92. The number of carbonyl (C=O) groups is 2. The summed E-state index contributed by atoms with van der Waals surface area (Å²) in [6.07, 6.45) is 1.56. The van der Waals surface area contributed by atoms with Crippen LogP contribution in [0.4, 0.5) is 0 Å². The van der Waals surface area contributed by atoms with E-state index in [1.807, 2.05) is 0 Å². The van der Waals surface area contributed by atoms with Crippen LogP contribution in [0.1, 0.15) is 22.8 Å². The van der Waals surface area contributed by atoms with Gasteiger partial charge in [-0.25, -0.2) is 14.6 Å². The quantitative estimate of drug-likeness (QED) is 0.831. The minimum atomic E-state index is -1.01. The summed E-state index contributed by atoms with van der Waals surface area (Å²) in [6.45, 7) is 1.59. The maximum absolute atomic E-state index is 11.5. The largest absolute Gasteiger partial charge is 0.505 e. The van der Waals surface area contributed by atoms with Gasteiger partial charge < -0.3 is 14.9 Å². The number of carbonyl (C=O) groups excluding carboxylic acids is 1. The van der Waals surface area contributed by atoms with Crippen molar-refractivity contribution in [2.45, 2.75) is 6.92 Å². The van der Waals surface area contributed by atoms with Gasteiger partial charge in [-0.15, -0.1) is 0 Å². The standard InChI is InChI=1S/C15H13NO5/c1-8-12(15(20)21-2)13(17)11(16-8)7-9-3-5-10(6-4-9)14(18)19/h3-7,17H,1-2H3,(H,18,19). The molecule has 1 heterocycles. The Morgan fingerprint density at radius 3 is 2.38 bits per heavy atom. The van der Waals surface area contributed by atoms with Crippen LogP contribution < -0.4 is 0 Å². The SMILES string of the molecule is COC(=O)C1=C(O)C(=Cc2ccc(C(=O)O)cc2)N=C1C. The van der Waals surface area contributed by atoms with Gasteiger partial charge >= 0.3 is 11.9 Å². The number of rotatable bonds is 3. The Morgan fingerprint density at radius 1 is 1.24 bits per heavy atom. The molecule has 0 fully saturated rings. The van der Waals surface area contributed by atoms with Crippen LogP contribution in [0.25, 0.3) is 6.08 Å². The second-order valence-electron chi connectivity index (χ2n) is 4.37. The van der Waals surface area contributed by atoms with Crippen molar-refractivity contribution in [2.24, 2.45) is 4.99 Å². The van der Waals surface area contributed by atoms with Crippen LogP contribution in [0, 0.1) is 0 Å². The Labute approximate surface area is 120 Å². The first-order valence-electron chi connectivity index (χ1n) is 6.06. The Kier molecular flexibility index (Phi) is 3.89. The van der Waals surface area contributed by atoms with Gasteiger partial charge in [0.25, 0.3) is 0 Å². The van der Waals surface area contributed by atoms with Gasteiger partial charge in [0.2, 0.25) is 0 Å². The molecule has 0 aromatic heterocycles. The molecule has 6 nitrogen and oxygen atoms in total. The van der Waals surface area contributed by atoms with Gasteiger partial charge in [0.1, 0.15) is 11.3 Å². The number of benzene rings is 1. The molecule has 6 heteroatoms. The van der Waals surface area contributed by atoms with Crippen LogP contribution in [0.15, 0.2) is 46.3 Å². The molecule has 21 heavy (non-hydrogen) atoms. The highest BCUT2D eigenvalue weighted by atomic mass is 16.5. The number of hydrogen-bond acceptors (Lipinski definition) is 5. The molecule has 1 aromatic rings. The third-order valence-corrected chi connectivity index (χ3v) is 2.98. The third-order valence-electron chi connectivity index (χ3n) is 2.98. The molecule has 1 aromatic carbocycles. The van der Waals surface area contributed by atoms with E-state index < -0.39 is 11.9 Å². The first kappa shape index (κ1) is 14.5. The molecule has 0 amide bonds. The first-order chi connectivity index (χ1) is 9.93. The molecule has 0 radical (unpaired) electrons. The first-order valence-corrected chi connectivity index (χ1v) is 6.06. The third kappa shape index (κ3) is 2.84. The lowest BCUT2D eigenvalue weighted by Gasteiger charge is -2.01. The molecule has 108 valence electrons. The highest BCUT2D eigenvalue weighted by Gasteiger charge is 2.27. The van der Waals surface area contributed by atoms with Crippen molar-refractivity contribution >= 4 is 23.7 Å². The lowest BCUT2D eigenvalue weighted by atomic mass is 10.1.